The molecule has 0 N–H and O–H groups in total. The van der Waals surface area contributed by atoms with E-state index in [2.05, 4.69) is 76.7 Å². The molecule has 0 spiro atoms. The van der Waals surface area contributed by atoms with Crippen molar-refractivity contribution in [2.75, 3.05) is 0 Å². The summed E-state index contributed by atoms with van der Waals surface area (Å²) < 4.78 is 13.8. The second-order valence-electron chi connectivity index (χ2n) is 5.43. The van der Waals surface area contributed by atoms with Crippen LogP contribution in [0, 0.1) is 11.4 Å². The number of hydrogen-bond acceptors (Lipinski definition) is 2. The zero-order valence-corrected chi connectivity index (χ0v) is 14.0. The Morgan fingerprint density at radius 1 is 1.00 bits per heavy atom. The zero-order chi connectivity index (χ0) is 15.3. The normalized spacial score (nSPS) is 11.4. The van der Waals surface area contributed by atoms with Gasteiger partial charge in [-0.1, -0.05) is 0 Å². The van der Waals surface area contributed by atoms with Crippen molar-refractivity contribution in [1.82, 2.24) is 0 Å². The van der Waals surface area contributed by atoms with Gasteiger partial charge in [0.15, 0.2) is 0 Å². The van der Waals surface area contributed by atoms with Gasteiger partial charge in [0.2, 0.25) is 0 Å². The Labute approximate surface area is 135 Å². The molecule has 4 aromatic rings. The molecule has 2 aromatic carbocycles. The van der Waals surface area contributed by atoms with Crippen LogP contribution in [0.15, 0.2) is 57.5 Å². The van der Waals surface area contributed by atoms with E-state index >= 15 is 0 Å². The number of nitrogens with zero attached hydrogens (tertiary/aromatic N) is 1. The van der Waals surface area contributed by atoms with Gasteiger partial charge in [-0.3, -0.25) is 0 Å². The van der Waals surface area contributed by atoms with Crippen LogP contribution in [-0.4, -0.2) is 15.6 Å². The van der Waals surface area contributed by atoms with Gasteiger partial charge in [0, 0.05) is 0 Å². The summed E-state index contributed by atoms with van der Waals surface area (Å²) in [5.74, 6) is 0. The molecular weight excluding hydrogens is 341 g/mol. The van der Waals surface area contributed by atoms with Crippen molar-refractivity contribution in [1.29, 1.82) is 0 Å². The number of hydrogen-bond donors (Lipinski definition) is 0. The summed E-state index contributed by atoms with van der Waals surface area (Å²) in [6, 6.07) is 14.6. The summed E-state index contributed by atoms with van der Waals surface area (Å²) in [5, 5.41) is 2.28. The molecule has 4 heteroatoms. The van der Waals surface area contributed by atoms with Crippen molar-refractivity contribution < 1.29 is 13.4 Å². The second-order valence-corrected chi connectivity index (χ2v) is 6.13. The summed E-state index contributed by atoms with van der Waals surface area (Å²) >= 11 is 2.77. The van der Waals surface area contributed by atoms with Crippen molar-refractivity contribution in [2.24, 2.45) is 7.05 Å². The third-order valence-electron chi connectivity index (χ3n) is 3.99. The first-order valence-electron chi connectivity index (χ1n) is 7.05. The Kier molecular flexibility index (Phi) is 3.03. The third kappa shape index (κ3) is 2.04. The number of rotatable bonds is 1. The van der Waals surface area contributed by atoms with E-state index in [0.29, 0.717) is 4.46 Å². The van der Waals surface area contributed by atoms with Crippen LogP contribution in [0.5, 0.6) is 0 Å². The van der Waals surface area contributed by atoms with E-state index in [1.54, 1.807) is 0 Å². The standard InChI is InChI=1S/C18H14NO2Se/c1-11-5-3-4-6-13(11)17-14-10-16-15(20-18(22)21-16)9-12(14)7-8-19(17)2/h3-10H,1-2H3/q+1. The Morgan fingerprint density at radius 3 is 2.50 bits per heavy atom. The molecule has 0 atom stereocenters. The van der Waals surface area contributed by atoms with Gasteiger partial charge in [-0.15, -0.1) is 0 Å². The molecule has 0 saturated carbocycles. The van der Waals surface area contributed by atoms with E-state index in [0.717, 1.165) is 21.9 Å². The summed E-state index contributed by atoms with van der Waals surface area (Å²) in [5.41, 5.74) is 5.16. The third-order valence-corrected chi connectivity index (χ3v) is 4.34. The van der Waals surface area contributed by atoms with Crippen LogP contribution in [0.4, 0.5) is 0 Å². The fraction of sp³-hybridized carbons (Fsp3) is 0.111. The van der Waals surface area contributed by atoms with Crippen molar-refractivity contribution in [2.45, 2.75) is 6.92 Å². The molecule has 0 aliphatic heterocycles. The first-order chi connectivity index (χ1) is 10.6. The zero-order valence-electron chi connectivity index (χ0n) is 12.3. The predicted molar refractivity (Wildman–Crippen MR) is 86.3 cm³/mol. The van der Waals surface area contributed by atoms with E-state index < -0.39 is 0 Å². The first-order valence-corrected chi connectivity index (χ1v) is 7.91. The maximum absolute atomic E-state index is 5.61. The molecule has 0 amide bonds. The van der Waals surface area contributed by atoms with Crippen molar-refractivity contribution in [3.8, 4) is 11.3 Å². The van der Waals surface area contributed by atoms with Gasteiger partial charge < -0.3 is 0 Å². The molecule has 3 nitrogen and oxygen atoms in total. The van der Waals surface area contributed by atoms with E-state index in [-0.39, 0.29) is 0 Å². The second kappa shape index (κ2) is 4.94. The number of aromatic nitrogens is 1. The topological polar surface area (TPSA) is 30.2 Å². The molecule has 0 saturated heterocycles. The Morgan fingerprint density at radius 2 is 1.73 bits per heavy atom. The van der Waals surface area contributed by atoms with Crippen molar-refractivity contribution in [3.05, 3.63) is 58.7 Å². The molecule has 2 heterocycles. The molecule has 0 radical (unpaired) electrons. The van der Waals surface area contributed by atoms with Crippen LogP contribution >= 0.6 is 0 Å². The predicted octanol–water partition coefficient (Wildman–Crippen LogP) is 3.68. The molecule has 0 aliphatic carbocycles. The summed E-state index contributed by atoms with van der Waals surface area (Å²) in [6.45, 7) is 2.13. The van der Waals surface area contributed by atoms with Gasteiger partial charge >= 0.3 is 135 Å². The number of benzene rings is 2. The van der Waals surface area contributed by atoms with Gasteiger partial charge in [-0.2, -0.15) is 0 Å². The van der Waals surface area contributed by atoms with E-state index in [9.17, 15) is 0 Å². The molecule has 0 unspecified atom stereocenters. The van der Waals surface area contributed by atoms with Crippen LogP contribution in [0.25, 0.3) is 33.2 Å². The van der Waals surface area contributed by atoms with Gasteiger partial charge in [0.05, 0.1) is 0 Å². The molecule has 22 heavy (non-hydrogen) atoms. The molecule has 4 rings (SSSR count). The Balaban J connectivity index is 2.16. The van der Waals surface area contributed by atoms with E-state index in [4.69, 9.17) is 8.83 Å². The first kappa shape index (κ1) is 13.5. The fourth-order valence-corrected chi connectivity index (χ4v) is 3.29. The van der Waals surface area contributed by atoms with Crippen molar-refractivity contribution in [3.63, 3.8) is 0 Å². The molecular formula is C18H14NO2Se+. The number of pyridine rings is 1. The van der Waals surface area contributed by atoms with Gasteiger partial charge in [0.1, 0.15) is 0 Å². The quantitative estimate of drug-likeness (QED) is 0.385. The Bertz CT molecular complexity index is 1080. The minimum absolute atomic E-state index is 0.451. The van der Waals surface area contributed by atoms with Crippen molar-refractivity contribution >= 4 is 37.5 Å². The monoisotopic (exact) mass is 356 g/mol. The average Bonchev–Trinajstić information content (AvgIpc) is 2.85. The van der Waals surface area contributed by atoms with E-state index in [1.807, 2.05) is 6.07 Å². The summed E-state index contributed by atoms with van der Waals surface area (Å²) in [7, 11) is 2.07. The molecule has 2 aromatic heterocycles. The van der Waals surface area contributed by atoms with Gasteiger partial charge in [-0.25, -0.2) is 0 Å². The van der Waals surface area contributed by atoms with Crippen LogP contribution in [0.3, 0.4) is 0 Å². The minimum atomic E-state index is 0.451. The van der Waals surface area contributed by atoms with Crippen LogP contribution in [0.1, 0.15) is 5.56 Å². The molecule has 108 valence electrons. The van der Waals surface area contributed by atoms with Crippen LogP contribution < -0.4 is 4.57 Å². The fourth-order valence-electron chi connectivity index (χ4n) is 2.91. The maximum atomic E-state index is 5.61. The SMILES string of the molecule is Cc1ccccc1-c1c2cc3oc(=[Se])oc3cc2cc[n+]1C. The van der Waals surface area contributed by atoms with Gasteiger partial charge in [0.25, 0.3) is 0 Å². The summed E-state index contributed by atoms with van der Waals surface area (Å²) in [4.78, 5) is 0. The summed E-state index contributed by atoms with van der Waals surface area (Å²) in [6.07, 6.45) is 2.08. The van der Waals surface area contributed by atoms with E-state index in [1.165, 1.54) is 16.8 Å². The number of fused-ring (bicyclic) bond motifs is 2. The van der Waals surface area contributed by atoms with Gasteiger partial charge in [-0.05, 0) is 0 Å². The average molecular weight is 355 g/mol. The molecule has 0 fully saturated rings. The number of aryl methyl sites for hydroxylation is 2. The van der Waals surface area contributed by atoms with Crippen LogP contribution in [0.2, 0.25) is 0 Å². The molecule has 0 bridgehead atoms. The Hall–Kier alpha value is -2.16. The molecule has 0 aliphatic rings. The van der Waals surface area contributed by atoms with Crippen LogP contribution in [-0.2, 0) is 7.05 Å².